The average molecular weight is 465 g/mol. The van der Waals surface area contributed by atoms with E-state index in [9.17, 15) is 9.59 Å². The minimum Gasteiger partial charge on any atom is -0.497 e. The van der Waals surface area contributed by atoms with Gasteiger partial charge in [-0.05, 0) is 48.6 Å². The number of rotatable bonds is 6. The molecule has 33 heavy (non-hydrogen) atoms. The molecular formula is C26H28N2O4S. The molecule has 1 aliphatic heterocycles. The first-order chi connectivity index (χ1) is 15.9. The van der Waals surface area contributed by atoms with E-state index in [4.69, 9.17) is 9.47 Å². The lowest BCUT2D eigenvalue weighted by molar-refractivity contribution is -0.152. The molecule has 0 aromatic heterocycles. The van der Waals surface area contributed by atoms with Crippen molar-refractivity contribution in [3.8, 4) is 5.75 Å². The topological polar surface area (TPSA) is 59.1 Å². The fourth-order valence-electron chi connectivity index (χ4n) is 4.02. The monoisotopic (exact) mass is 464 g/mol. The van der Waals surface area contributed by atoms with E-state index in [1.54, 1.807) is 23.8 Å². The van der Waals surface area contributed by atoms with Crippen LogP contribution in [0.1, 0.15) is 17.7 Å². The summed E-state index contributed by atoms with van der Waals surface area (Å²) in [6.07, 6.45) is -0.950. The summed E-state index contributed by atoms with van der Waals surface area (Å²) in [6.45, 7) is 2.52. The van der Waals surface area contributed by atoms with Crippen LogP contribution in [-0.4, -0.2) is 57.2 Å². The van der Waals surface area contributed by atoms with Gasteiger partial charge in [-0.15, -0.1) is 11.8 Å². The number of methoxy groups -OCH3 is 1. The Hall–Kier alpha value is -3.03. The highest BCUT2D eigenvalue weighted by Gasteiger charge is 2.41. The normalized spacial score (nSPS) is 18.2. The lowest BCUT2D eigenvalue weighted by atomic mass is 10.0. The van der Waals surface area contributed by atoms with E-state index in [-0.39, 0.29) is 5.91 Å². The number of esters is 1. The Kier molecular flexibility index (Phi) is 6.91. The van der Waals surface area contributed by atoms with Crippen molar-refractivity contribution in [1.29, 1.82) is 0 Å². The minimum absolute atomic E-state index is 0.214. The first-order valence-corrected chi connectivity index (χ1v) is 11.7. The maximum absolute atomic E-state index is 13.9. The third-order valence-corrected chi connectivity index (χ3v) is 7.12. The van der Waals surface area contributed by atoms with Gasteiger partial charge in [0.2, 0.25) is 0 Å². The summed E-state index contributed by atoms with van der Waals surface area (Å²) in [6, 6.07) is 19.8. The quantitative estimate of drug-likeness (QED) is 0.500. The smallest absolute Gasteiger partial charge is 0.303 e. The number of carbonyl (C=O) groups is 2. The van der Waals surface area contributed by atoms with Crippen molar-refractivity contribution in [2.24, 2.45) is 0 Å². The molecule has 172 valence electrons. The highest BCUT2D eigenvalue weighted by molar-refractivity contribution is 8.00. The van der Waals surface area contributed by atoms with Crippen molar-refractivity contribution in [1.82, 2.24) is 4.90 Å². The van der Waals surface area contributed by atoms with E-state index in [1.165, 1.54) is 6.92 Å². The van der Waals surface area contributed by atoms with Gasteiger partial charge in [0.15, 0.2) is 6.10 Å². The standard InChI is InChI=1S/C26H28N2O4S/c1-17(29)32-23-24(19-9-12-20(31-4)13-10-19)33-25-21-8-6-5-7-18(21)11-14-22(25)28(26(23)30)16-15-27(2)3/h5-14,23-24H,15-16H2,1-4H3/t23-,24-/m1/s1. The minimum atomic E-state index is -0.950. The summed E-state index contributed by atoms with van der Waals surface area (Å²) in [7, 11) is 5.57. The lowest BCUT2D eigenvalue weighted by Gasteiger charge is -2.28. The van der Waals surface area contributed by atoms with Crippen LogP contribution < -0.4 is 9.64 Å². The number of hydrogen-bond acceptors (Lipinski definition) is 6. The predicted molar refractivity (Wildman–Crippen MR) is 132 cm³/mol. The Labute approximate surface area is 198 Å². The Morgan fingerprint density at radius 1 is 1.06 bits per heavy atom. The van der Waals surface area contributed by atoms with Crippen molar-refractivity contribution in [2.45, 2.75) is 23.2 Å². The molecule has 0 fully saturated rings. The summed E-state index contributed by atoms with van der Waals surface area (Å²) in [4.78, 5) is 30.8. The van der Waals surface area contributed by atoms with Crippen molar-refractivity contribution < 1.29 is 19.1 Å². The second-order valence-corrected chi connectivity index (χ2v) is 9.42. The molecule has 3 aromatic carbocycles. The predicted octanol–water partition coefficient (Wildman–Crippen LogP) is 4.52. The maximum atomic E-state index is 13.9. The van der Waals surface area contributed by atoms with E-state index in [1.807, 2.05) is 67.5 Å². The zero-order chi connectivity index (χ0) is 23.5. The fourth-order valence-corrected chi connectivity index (χ4v) is 5.47. The largest absolute Gasteiger partial charge is 0.497 e. The molecule has 0 saturated carbocycles. The van der Waals surface area contributed by atoms with Crippen LogP contribution in [-0.2, 0) is 14.3 Å². The van der Waals surface area contributed by atoms with Crippen LogP contribution in [0.15, 0.2) is 65.6 Å². The van der Waals surface area contributed by atoms with Gasteiger partial charge in [0.25, 0.3) is 5.91 Å². The molecule has 4 rings (SSSR count). The number of ether oxygens (including phenoxy) is 2. The van der Waals surface area contributed by atoms with Crippen LogP contribution in [0.4, 0.5) is 5.69 Å². The number of anilines is 1. The summed E-state index contributed by atoms with van der Waals surface area (Å²) in [5.41, 5.74) is 1.74. The maximum Gasteiger partial charge on any atom is 0.303 e. The van der Waals surface area contributed by atoms with Gasteiger partial charge in [-0.25, -0.2) is 0 Å². The molecular weight excluding hydrogens is 436 g/mol. The molecule has 0 spiro atoms. The molecule has 0 radical (unpaired) electrons. The second-order valence-electron chi connectivity index (χ2n) is 8.27. The zero-order valence-electron chi connectivity index (χ0n) is 19.3. The Morgan fingerprint density at radius 3 is 2.45 bits per heavy atom. The molecule has 2 atom stereocenters. The van der Waals surface area contributed by atoms with Crippen molar-refractivity contribution in [2.75, 3.05) is 39.2 Å². The third-order valence-electron chi connectivity index (χ3n) is 5.69. The fraction of sp³-hybridized carbons (Fsp3) is 0.308. The SMILES string of the molecule is COc1ccc([C@H]2Sc3c(ccc4ccccc34)N(CCN(C)C)C(=O)[C@@H]2OC(C)=O)cc1. The van der Waals surface area contributed by atoms with E-state index < -0.39 is 17.3 Å². The van der Waals surface area contributed by atoms with Crippen LogP contribution >= 0.6 is 11.8 Å². The van der Waals surface area contributed by atoms with Crippen LogP contribution in [0, 0.1) is 0 Å². The number of thioether (sulfide) groups is 1. The Balaban J connectivity index is 1.89. The van der Waals surface area contributed by atoms with Gasteiger partial charge >= 0.3 is 5.97 Å². The summed E-state index contributed by atoms with van der Waals surface area (Å²) < 4.78 is 11.0. The molecule has 3 aromatic rings. The first-order valence-electron chi connectivity index (χ1n) is 10.8. The molecule has 0 N–H and O–H groups in total. The third kappa shape index (κ3) is 4.84. The van der Waals surface area contributed by atoms with E-state index in [0.717, 1.165) is 32.7 Å². The summed E-state index contributed by atoms with van der Waals surface area (Å²) in [5, 5.41) is 1.77. The van der Waals surface area contributed by atoms with Crippen molar-refractivity contribution in [3.05, 3.63) is 66.2 Å². The van der Waals surface area contributed by atoms with Gasteiger partial charge in [0, 0.05) is 24.9 Å². The summed E-state index contributed by atoms with van der Waals surface area (Å²) >= 11 is 1.57. The van der Waals surface area contributed by atoms with Gasteiger partial charge in [0.05, 0.1) is 18.0 Å². The van der Waals surface area contributed by atoms with Crippen molar-refractivity contribution >= 4 is 40.1 Å². The number of likely N-dealkylation sites (N-methyl/N-ethyl adjacent to an activating group) is 1. The Morgan fingerprint density at radius 2 is 1.79 bits per heavy atom. The van der Waals surface area contributed by atoms with Gasteiger partial charge in [-0.3, -0.25) is 9.59 Å². The Bertz CT molecular complexity index is 1160. The molecule has 0 unspecified atom stereocenters. The summed E-state index contributed by atoms with van der Waals surface area (Å²) in [5.74, 6) is 0.0384. The average Bonchev–Trinajstić information content (AvgIpc) is 2.92. The molecule has 6 nitrogen and oxygen atoms in total. The van der Waals surface area contributed by atoms with Gasteiger partial charge in [-0.1, -0.05) is 42.5 Å². The lowest BCUT2D eigenvalue weighted by Crippen LogP contribution is -2.45. The second kappa shape index (κ2) is 9.85. The number of amides is 1. The highest BCUT2D eigenvalue weighted by atomic mass is 32.2. The van der Waals surface area contributed by atoms with Crippen LogP contribution in [0.25, 0.3) is 10.8 Å². The molecule has 1 amide bonds. The van der Waals surface area contributed by atoms with E-state index in [0.29, 0.717) is 13.1 Å². The van der Waals surface area contributed by atoms with Crippen LogP contribution in [0.5, 0.6) is 5.75 Å². The molecule has 1 aliphatic rings. The van der Waals surface area contributed by atoms with Gasteiger partial charge in [0.1, 0.15) is 5.75 Å². The number of hydrogen-bond donors (Lipinski definition) is 0. The molecule has 1 heterocycles. The molecule has 7 heteroatoms. The number of fused-ring (bicyclic) bond motifs is 3. The number of nitrogens with zero attached hydrogens (tertiary/aromatic N) is 2. The van der Waals surface area contributed by atoms with E-state index in [2.05, 4.69) is 12.1 Å². The molecule has 0 bridgehead atoms. The number of carbonyl (C=O) groups excluding carboxylic acids is 2. The van der Waals surface area contributed by atoms with Gasteiger partial charge in [-0.2, -0.15) is 0 Å². The van der Waals surface area contributed by atoms with E-state index >= 15 is 0 Å². The molecule has 0 aliphatic carbocycles. The first kappa shape index (κ1) is 23.1. The zero-order valence-corrected chi connectivity index (χ0v) is 20.1. The van der Waals surface area contributed by atoms with Gasteiger partial charge < -0.3 is 19.3 Å². The van der Waals surface area contributed by atoms with Crippen molar-refractivity contribution in [3.63, 3.8) is 0 Å². The number of benzene rings is 3. The van der Waals surface area contributed by atoms with Crippen LogP contribution in [0.3, 0.4) is 0 Å². The molecule has 0 saturated heterocycles. The highest BCUT2D eigenvalue weighted by Crippen LogP contribution is 2.49. The van der Waals surface area contributed by atoms with Crippen LogP contribution in [0.2, 0.25) is 0 Å².